The van der Waals surface area contributed by atoms with E-state index in [0.717, 1.165) is 4.48 Å². The van der Waals surface area contributed by atoms with Crippen LogP contribution >= 0.6 is 11.3 Å². The van der Waals surface area contributed by atoms with E-state index in [1.165, 1.54) is 25.1 Å². The summed E-state index contributed by atoms with van der Waals surface area (Å²) < 4.78 is 1.16. The molecule has 2 heteroatoms. The molecular formula is C10H16NS+. The van der Waals surface area contributed by atoms with E-state index in [-0.39, 0.29) is 0 Å². The third kappa shape index (κ3) is 1.29. The number of hydrogen-bond donors (Lipinski definition) is 0. The number of thiophene rings is 1. The Kier molecular flexibility index (Phi) is 1.77. The number of nitrogens with zero attached hydrogens (tertiary/aromatic N) is 1. The lowest BCUT2D eigenvalue weighted by Gasteiger charge is -2.33. The summed E-state index contributed by atoms with van der Waals surface area (Å²) in [5.74, 6) is 0. The van der Waals surface area contributed by atoms with Gasteiger partial charge in [-0.1, -0.05) is 0 Å². The Bertz CT molecular complexity index is 299. The molecule has 0 fully saturated rings. The highest BCUT2D eigenvalue weighted by atomic mass is 32.1. The van der Waals surface area contributed by atoms with Crippen LogP contribution in [0.5, 0.6) is 0 Å². The summed E-state index contributed by atoms with van der Waals surface area (Å²) in [6.07, 6.45) is 1.28. The number of rotatable bonds is 0. The summed E-state index contributed by atoms with van der Waals surface area (Å²) in [5.41, 5.74) is 3.15. The Balaban J connectivity index is 2.37. The van der Waals surface area contributed by atoms with Gasteiger partial charge in [-0.15, -0.1) is 11.3 Å². The molecule has 12 heavy (non-hydrogen) atoms. The van der Waals surface area contributed by atoms with Gasteiger partial charge in [0, 0.05) is 6.42 Å². The van der Waals surface area contributed by atoms with Crippen molar-refractivity contribution in [3.05, 3.63) is 21.4 Å². The fraction of sp³-hybridized carbons (Fsp3) is 0.600. The molecule has 2 heterocycles. The molecule has 0 radical (unpaired) electrons. The second-order valence-electron chi connectivity index (χ2n) is 4.39. The minimum atomic E-state index is 1.16. The molecule has 1 aliphatic heterocycles. The van der Waals surface area contributed by atoms with E-state index in [9.17, 15) is 0 Å². The normalized spacial score (nSPS) is 20.6. The summed E-state index contributed by atoms with van der Waals surface area (Å²) in [6, 6.07) is 0. The third-order valence-corrected chi connectivity index (χ3v) is 3.86. The van der Waals surface area contributed by atoms with Gasteiger partial charge in [-0.25, -0.2) is 0 Å². The molecule has 1 aliphatic rings. The highest BCUT2D eigenvalue weighted by Crippen LogP contribution is 2.29. The fourth-order valence-corrected chi connectivity index (χ4v) is 3.16. The fourth-order valence-electron chi connectivity index (χ4n) is 1.87. The van der Waals surface area contributed by atoms with Gasteiger partial charge in [0.25, 0.3) is 0 Å². The van der Waals surface area contributed by atoms with Crippen molar-refractivity contribution < 1.29 is 4.48 Å². The van der Waals surface area contributed by atoms with Crippen LogP contribution < -0.4 is 0 Å². The van der Waals surface area contributed by atoms with Crippen molar-refractivity contribution >= 4 is 11.3 Å². The van der Waals surface area contributed by atoms with Gasteiger partial charge in [0.15, 0.2) is 0 Å². The van der Waals surface area contributed by atoms with E-state index in [1.807, 2.05) is 11.3 Å². The van der Waals surface area contributed by atoms with Crippen LogP contribution in [-0.4, -0.2) is 25.1 Å². The molecule has 0 bridgehead atoms. The minimum Gasteiger partial charge on any atom is -0.324 e. The van der Waals surface area contributed by atoms with Crippen molar-refractivity contribution in [2.24, 2.45) is 0 Å². The number of likely N-dealkylation sites (N-methyl/N-ethyl adjacent to an activating group) is 1. The Labute approximate surface area is 78.2 Å². The maximum Gasteiger partial charge on any atom is 0.114 e. The Morgan fingerprint density at radius 2 is 2.17 bits per heavy atom. The summed E-state index contributed by atoms with van der Waals surface area (Å²) in [5, 5.41) is 2.30. The van der Waals surface area contributed by atoms with Crippen LogP contribution in [0.15, 0.2) is 5.38 Å². The summed E-state index contributed by atoms with van der Waals surface area (Å²) in [7, 11) is 4.63. The smallest absolute Gasteiger partial charge is 0.114 e. The van der Waals surface area contributed by atoms with Gasteiger partial charge in [0.2, 0.25) is 0 Å². The molecule has 0 atom stereocenters. The summed E-state index contributed by atoms with van der Waals surface area (Å²) in [4.78, 5) is 1.61. The number of quaternary nitrogens is 1. The molecule has 0 saturated carbocycles. The van der Waals surface area contributed by atoms with Crippen LogP contribution in [0.4, 0.5) is 0 Å². The zero-order valence-corrected chi connectivity index (χ0v) is 8.87. The first-order valence-electron chi connectivity index (χ1n) is 4.46. The minimum absolute atomic E-state index is 1.16. The predicted molar refractivity (Wildman–Crippen MR) is 53.4 cm³/mol. The molecule has 0 amide bonds. The van der Waals surface area contributed by atoms with Crippen molar-refractivity contribution in [3.8, 4) is 0 Å². The molecule has 0 aromatic carbocycles. The van der Waals surface area contributed by atoms with Gasteiger partial charge in [0.05, 0.1) is 25.5 Å². The van der Waals surface area contributed by atoms with E-state index >= 15 is 0 Å². The summed E-state index contributed by atoms with van der Waals surface area (Å²) in [6.45, 7) is 4.76. The lowest BCUT2D eigenvalue weighted by Crippen LogP contribution is -2.43. The molecule has 1 aromatic rings. The molecule has 1 nitrogen and oxygen atoms in total. The van der Waals surface area contributed by atoms with Crippen LogP contribution in [0.2, 0.25) is 0 Å². The maximum atomic E-state index is 2.32. The molecule has 0 N–H and O–H groups in total. The van der Waals surface area contributed by atoms with Gasteiger partial charge in [-0.3, -0.25) is 0 Å². The predicted octanol–water partition coefficient (Wildman–Crippen LogP) is 2.19. The molecule has 2 rings (SSSR count). The van der Waals surface area contributed by atoms with E-state index in [4.69, 9.17) is 0 Å². The molecule has 1 aromatic heterocycles. The second-order valence-corrected chi connectivity index (χ2v) is 5.35. The van der Waals surface area contributed by atoms with Crippen LogP contribution in [0.25, 0.3) is 0 Å². The second kappa shape index (κ2) is 2.57. The van der Waals surface area contributed by atoms with Crippen molar-refractivity contribution in [2.45, 2.75) is 19.9 Å². The average molecular weight is 182 g/mol. The maximum absolute atomic E-state index is 2.32. The Hall–Kier alpha value is -0.340. The number of hydrogen-bond acceptors (Lipinski definition) is 1. The van der Waals surface area contributed by atoms with Crippen molar-refractivity contribution in [1.29, 1.82) is 0 Å². The first-order chi connectivity index (χ1) is 5.58. The number of aryl methyl sites for hydroxylation is 1. The zero-order valence-electron chi connectivity index (χ0n) is 8.05. The summed E-state index contributed by atoms with van der Waals surface area (Å²) >= 11 is 1.94. The third-order valence-electron chi connectivity index (χ3n) is 2.73. The van der Waals surface area contributed by atoms with E-state index < -0.39 is 0 Å². The largest absolute Gasteiger partial charge is 0.324 e. The van der Waals surface area contributed by atoms with Crippen LogP contribution in [0, 0.1) is 6.92 Å². The quantitative estimate of drug-likeness (QED) is 0.540. The van der Waals surface area contributed by atoms with E-state index in [0.29, 0.717) is 0 Å². The lowest BCUT2D eigenvalue weighted by atomic mass is 10.0. The zero-order chi connectivity index (χ0) is 8.77. The Morgan fingerprint density at radius 1 is 1.42 bits per heavy atom. The SMILES string of the molecule is Cc1csc2c1CC[N+](C)(C)C2. The first-order valence-corrected chi connectivity index (χ1v) is 5.34. The topological polar surface area (TPSA) is 0 Å². The van der Waals surface area contributed by atoms with E-state index in [2.05, 4.69) is 26.4 Å². The Morgan fingerprint density at radius 3 is 2.92 bits per heavy atom. The van der Waals surface area contributed by atoms with Crippen molar-refractivity contribution in [2.75, 3.05) is 20.6 Å². The highest BCUT2D eigenvalue weighted by molar-refractivity contribution is 7.10. The van der Waals surface area contributed by atoms with Crippen molar-refractivity contribution in [1.82, 2.24) is 0 Å². The van der Waals surface area contributed by atoms with Crippen LogP contribution in [-0.2, 0) is 13.0 Å². The van der Waals surface area contributed by atoms with Gasteiger partial charge < -0.3 is 4.48 Å². The van der Waals surface area contributed by atoms with Gasteiger partial charge in [-0.2, -0.15) is 0 Å². The van der Waals surface area contributed by atoms with E-state index in [1.54, 1.807) is 10.4 Å². The van der Waals surface area contributed by atoms with Crippen molar-refractivity contribution in [3.63, 3.8) is 0 Å². The molecule has 0 saturated heterocycles. The molecule has 0 aliphatic carbocycles. The standard InChI is InChI=1S/C10H16NS/c1-8-7-12-10-6-11(2,3)5-4-9(8)10/h7H,4-6H2,1-3H3/q+1. The van der Waals surface area contributed by atoms with Crippen LogP contribution in [0.3, 0.4) is 0 Å². The average Bonchev–Trinajstić information content (AvgIpc) is 2.30. The lowest BCUT2D eigenvalue weighted by molar-refractivity contribution is -0.905. The van der Waals surface area contributed by atoms with Gasteiger partial charge >= 0.3 is 0 Å². The molecular weight excluding hydrogens is 166 g/mol. The molecule has 0 unspecified atom stereocenters. The van der Waals surface area contributed by atoms with Crippen LogP contribution in [0.1, 0.15) is 16.0 Å². The van der Waals surface area contributed by atoms with Gasteiger partial charge in [0.1, 0.15) is 6.54 Å². The monoisotopic (exact) mass is 182 g/mol. The highest BCUT2D eigenvalue weighted by Gasteiger charge is 2.25. The van der Waals surface area contributed by atoms with Gasteiger partial charge in [-0.05, 0) is 23.4 Å². The molecule has 66 valence electrons. The number of fused-ring (bicyclic) bond motifs is 1. The first kappa shape index (κ1) is 8.27. The molecule has 0 spiro atoms.